The minimum absolute atomic E-state index is 0.266. The third-order valence-corrected chi connectivity index (χ3v) is 5.07. The highest BCUT2D eigenvalue weighted by Gasteiger charge is 2.25. The second kappa shape index (κ2) is 10.0. The zero-order valence-corrected chi connectivity index (χ0v) is 17.5. The van der Waals surface area contributed by atoms with Gasteiger partial charge in [-0.2, -0.15) is 5.26 Å². The van der Waals surface area contributed by atoms with Crippen LogP contribution in [-0.4, -0.2) is 38.7 Å². The molecule has 1 aliphatic heterocycles. The molecule has 1 heterocycles. The molecule has 29 heavy (non-hydrogen) atoms. The minimum atomic E-state index is 0.266. The van der Waals surface area contributed by atoms with E-state index in [4.69, 9.17) is 21.6 Å². The monoisotopic (exact) mass is 411 g/mol. The van der Waals surface area contributed by atoms with Crippen LogP contribution in [-0.2, 0) is 6.54 Å². The summed E-state index contributed by atoms with van der Waals surface area (Å²) < 4.78 is 5.49. The summed E-state index contributed by atoms with van der Waals surface area (Å²) in [6, 6.07) is 15.7. The number of benzene rings is 2. The van der Waals surface area contributed by atoms with Crippen LogP contribution in [0.2, 0.25) is 5.02 Å². The highest BCUT2D eigenvalue weighted by Crippen LogP contribution is 2.33. The quantitative estimate of drug-likeness (QED) is 0.561. The number of hydrogen-bond donors (Lipinski definition) is 2. The van der Waals surface area contributed by atoms with Crippen molar-refractivity contribution >= 4 is 23.2 Å². The predicted octanol–water partition coefficient (Wildman–Crippen LogP) is 3.55. The summed E-state index contributed by atoms with van der Waals surface area (Å²) in [6.45, 7) is 5.10. The molecule has 2 N–H and O–H groups in total. The number of halogens is 1. The molecule has 1 saturated heterocycles. The molecule has 2 aromatic rings. The molecule has 0 aliphatic carbocycles. The zero-order valence-electron chi connectivity index (χ0n) is 16.8. The normalized spacial score (nSPS) is 16.4. The van der Waals surface area contributed by atoms with Crippen LogP contribution < -0.4 is 20.3 Å². The van der Waals surface area contributed by atoms with E-state index in [2.05, 4.69) is 26.6 Å². The Bertz CT molecular complexity index is 908. The SMILES string of the molecule is CCNC(=NCc1cccc(C#N)c1)NC1CCN(c2cc(Cl)ccc2OC)C1. The van der Waals surface area contributed by atoms with Crippen molar-refractivity contribution in [1.29, 1.82) is 5.26 Å². The first-order chi connectivity index (χ1) is 14.1. The standard InChI is InChI=1S/C22H26ClN5O/c1-3-25-22(26-14-17-6-4-5-16(11-17)13-24)27-19-9-10-28(15-19)20-12-18(23)7-8-21(20)29-2/h4-8,11-12,19H,3,9-10,14-15H2,1-2H3,(H2,25,26,27). The largest absolute Gasteiger partial charge is 0.495 e. The Hall–Kier alpha value is -2.91. The molecule has 0 spiro atoms. The first-order valence-electron chi connectivity index (χ1n) is 9.75. The molecule has 1 unspecified atom stereocenters. The van der Waals surface area contributed by atoms with Gasteiger partial charge in [0.15, 0.2) is 5.96 Å². The van der Waals surface area contributed by atoms with Crippen LogP contribution in [0.4, 0.5) is 5.69 Å². The topological polar surface area (TPSA) is 72.7 Å². The summed E-state index contributed by atoms with van der Waals surface area (Å²) in [5.74, 6) is 1.60. The van der Waals surface area contributed by atoms with E-state index in [0.717, 1.165) is 49.0 Å². The zero-order chi connectivity index (χ0) is 20.6. The van der Waals surface area contributed by atoms with Crippen LogP contribution in [0.3, 0.4) is 0 Å². The van der Waals surface area contributed by atoms with Crippen LogP contribution in [0.1, 0.15) is 24.5 Å². The van der Waals surface area contributed by atoms with Crippen molar-refractivity contribution in [2.45, 2.75) is 25.9 Å². The van der Waals surface area contributed by atoms with Gasteiger partial charge in [0, 0.05) is 30.7 Å². The summed E-state index contributed by atoms with van der Waals surface area (Å²) in [6.07, 6.45) is 0.990. The van der Waals surface area contributed by atoms with Crippen LogP contribution in [0, 0.1) is 11.3 Å². The number of hydrogen-bond acceptors (Lipinski definition) is 4. The van der Waals surface area contributed by atoms with E-state index in [1.807, 2.05) is 43.3 Å². The van der Waals surface area contributed by atoms with Crippen LogP contribution in [0.25, 0.3) is 0 Å². The van der Waals surface area contributed by atoms with E-state index in [1.54, 1.807) is 13.2 Å². The first kappa shape index (κ1) is 20.8. The maximum atomic E-state index is 9.05. The van der Waals surface area contributed by atoms with Gasteiger partial charge < -0.3 is 20.3 Å². The molecule has 1 atom stereocenters. The molecule has 0 bridgehead atoms. The Morgan fingerprint density at radius 1 is 1.34 bits per heavy atom. The number of nitrogens with zero attached hydrogens (tertiary/aromatic N) is 3. The Kier molecular flexibility index (Phi) is 7.20. The maximum Gasteiger partial charge on any atom is 0.191 e. The lowest BCUT2D eigenvalue weighted by Gasteiger charge is -2.22. The number of rotatable bonds is 6. The molecule has 1 aliphatic rings. The van der Waals surface area contributed by atoms with Crippen molar-refractivity contribution in [3.05, 3.63) is 58.6 Å². The fourth-order valence-corrected chi connectivity index (χ4v) is 3.60. The highest BCUT2D eigenvalue weighted by atomic mass is 35.5. The lowest BCUT2D eigenvalue weighted by molar-refractivity contribution is 0.415. The van der Waals surface area contributed by atoms with E-state index < -0.39 is 0 Å². The molecule has 3 rings (SSSR count). The van der Waals surface area contributed by atoms with E-state index >= 15 is 0 Å². The van der Waals surface area contributed by atoms with Gasteiger partial charge in [0.2, 0.25) is 0 Å². The molecule has 152 valence electrons. The van der Waals surface area contributed by atoms with Gasteiger partial charge in [0.1, 0.15) is 5.75 Å². The van der Waals surface area contributed by atoms with Crippen LogP contribution in [0.5, 0.6) is 5.75 Å². The smallest absolute Gasteiger partial charge is 0.191 e. The number of nitrogens with one attached hydrogen (secondary N) is 2. The van der Waals surface area contributed by atoms with Gasteiger partial charge in [-0.1, -0.05) is 23.7 Å². The van der Waals surface area contributed by atoms with Gasteiger partial charge >= 0.3 is 0 Å². The molecular weight excluding hydrogens is 386 g/mol. The fraction of sp³-hybridized carbons (Fsp3) is 0.364. The lowest BCUT2D eigenvalue weighted by Crippen LogP contribution is -2.44. The average Bonchev–Trinajstić information content (AvgIpc) is 3.20. The van der Waals surface area contributed by atoms with Gasteiger partial charge in [-0.15, -0.1) is 0 Å². The summed E-state index contributed by atoms with van der Waals surface area (Å²) in [5, 5.41) is 16.6. The van der Waals surface area contributed by atoms with Crippen molar-refractivity contribution in [3.63, 3.8) is 0 Å². The Labute approximate surface area is 177 Å². The molecule has 0 radical (unpaired) electrons. The summed E-state index contributed by atoms with van der Waals surface area (Å²) >= 11 is 6.19. The van der Waals surface area contributed by atoms with Crippen LogP contribution >= 0.6 is 11.6 Å². The van der Waals surface area contributed by atoms with E-state index in [0.29, 0.717) is 17.1 Å². The molecule has 6 nitrogen and oxygen atoms in total. The van der Waals surface area contributed by atoms with E-state index in [1.165, 1.54) is 0 Å². The van der Waals surface area contributed by atoms with E-state index in [9.17, 15) is 0 Å². The molecule has 0 saturated carbocycles. The fourth-order valence-electron chi connectivity index (χ4n) is 3.43. The summed E-state index contributed by atoms with van der Waals surface area (Å²) in [5.41, 5.74) is 2.68. The second-order valence-electron chi connectivity index (χ2n) is 6.90. The highest BCUT2D eigenvalue weighted by molar-refractivity contribution is 6.30. The third kappa shape index (κ3) is 5.55. The van der Waals surface area contributed by atoms with Gasteiger partial charge in [-0.05, 0) is 49.2 Å². The number of aliphatic imine (C=N–C) groups is 1. The van der Waals surface area contributed by atoms with Gasteiger partial charge in [0.05, 0.1) is 31.0 Å². The van der Waals surface area contributed by atoms with Crippen molar-refractivity contribution in [1.82, 2.24) is 10.6 Å². The van der Waals surface area contributed by atoms with Crippen molar-refractivity contribution in [2.24, 2.45) is 4.99 Å². The average molecular weight is 412 g/mol. The molecule has 2 aromatic carbocycles. The van der Waals surface area contributed by atoms with Gasteiger partial charge in [-0.3, -0.25) is 0 Å². The number of nitriles is 1. The first-order valence-corrected chi connectivity index (χ1v) is 10.1. The number of guanidine groups is 1. The number of anilines is 1. The summed E-state index contributed by atoms with van der Waals surface area (Å²) in [7, 11) is 1.68. The Morgan fingerprint density at radius 2 is 2.21 bits per heavy atom. The van der Waals surface area contributed by atoms with Gasteiger partial charge in [0.25, 0.3) is 0 Å². The van der Waals surface area contributed by atoms with Gasteiger partial charge in [-0.25, -0.2) is 4.99 Å². The Morgan fingerprint density at radius 3 is 2.97 bits per heavy atom. The molecule has 7 heteroatoms. The number of methoxy groups -OCH3 is 1. The summed E-state index contributed by atoms with van der Waals surface area (Å²) in [4.78, 5) is 6.97. The molecule has 0 aromatic heterocycles. The van der Waals surface area contributed by atoms with Crippen molar-refractivity contribution in [3.8, 4) is 11.8 Å². The second-order valence-corrected chi connectivity index (χ2v) is 7.34. The van der Waals surface area contributed by atoms with E-state index in [-0.39, 0.29) is 6.04 Å². The third-order valence-electron chi connectivity index (χ3n) is 4.83. The lowest BCUT2D eigenvalue weighted by atomic mass is 10.1. The van der Waals surface area contributed by atoms with Crippen LogP contribution in [0.15, 0.2) is 47.5 Å². The molecule has 1 fully saturated rings. The minimum Gasteiger partial charge on any atom is -0.495 e. The molecular formula is C22H26ClN5O. The Balaban J connectivity index is 1.65. The molecule has 0 amide bonds. The predicted molar refractivity (Wildman–Crippen MR) is 118 cm³/mol. The maximum absolute atomic E-state index is 9.05. The van der Waals surface area contributed by atoms with Crippen molar-refractivity contribution in [2.75, 3.05) is 31.6 Å². The van der Waals surface area contributed by atoms with Crippen molar-refractivity contribution < 1.29 is 4.74 Å². The number of ether oxygens (including phenoxy) is 1.